The van der Waals surface area contributed by atoms with Crippen molar-refractivity contribution in [1.29, 1.82) is 0 Å². The van der Waals surface area contributed by atoms with Crippen molar-refractivity contribution >= 4 is 22.8 Å². The lowest BCUT2D eigenvalue weighted by molar-refractivity contribution is 0.0828. The van der Waals surface area contributed by atoms with Crippen molar-refractivity contribution in [3.8, 4) is 0 Å². The molecule has 6 nitrogen and oxygen atoms in total. The molecule has 0 saturated heterocycles. The van der Waals surface area contributed by atoms with E-state index in [2.05, 4.69) is 10.9 Å². The fraction of sp³-hybridized carbons (Fsp3) is 0.200. The molecule has 6 heteroatoms. The number of benzene rings is 2. The molecule has 0 aliphatic heterocycles. The first kappa shape index (κ1) is 17.7. The number of para-hydroxylation sites is 1. The van der Waals surface area contributed by atoms with Crippen LogP contribution in [0, 0.1) is 13.8 Å². The van der Waals surface area contributed by atoms with Gasteiger partial charge in [0.05, 0.1) is 6.61 Å². The van der Waals surface area contributed by atoms with Crippen LogP contribution in [0.5, 0.6) is 0 Å². The van der Waals surface area contributed by atoms with Crippen LogP contribution in [0.25, 0.3) is 11.0 Å². The number of hydrazine groups is 1. The van der Waals surface area contributed by atoms with Crippen LogP contribution in [0.1, 0.15) is 37.6 Å². The molecule has 134 valence electrons. The number of methoxy groups -OCH3 is 1. The summed E-state index contributed by atoms with van der Waals surface area (Å²) >= 11 is 0. The van der Waals surface area contributed by atoms with Crippen LogP contribution in [0.4, 0.5) is 0 Å². The Kier molecular flexibility index (Phi) is 5.04. The quantitative estimate of drug-likeness (QED) is 0.706. The lowest BCUT2D eigenvalue weighted by atomic mass is 10.1. The second kappa shape index (κ2) is 7.41. The SMILES string of the molecule is COCc1c(C(=O)NNC(=O)c2ccc(C)cc2C)oc2ccccc12. The van der Waals surface area contributed by atoms with E-state index < -0.39 is 5.91 Å². The van der Waals surface area contributed by atoms with Gasteiger partial charge in [-0.1, -0.05) is 35.9 Å². The monoisotopic (exact) mass is 352 g/mol. The standard InChI is InChI=1S/C20H20N2O4/c1-12-8-9-14(13(2)10-12)19(23)21-22-20(24)18-16(11-25-3)15-6-4-5-7-17(15)26-18/h4-10H,11H2,1-3H3,(H,21,23)(H,22,24). The van der Waals surface area contributed by atoms with Gasteiger partial charge in [0, 0.05) is 23.6 Å². The Labute approximate surface area is 151 Å². The Morgan fingerprint density at radius 3 is 2.50 bits per heavy atom. The normalized spacial score (nSPS) is 10.7. The number of fused-ring (bicyclic) bond motifs is 1. The van der Waals surface area contributed by atoms with Crippen molar-refractivity contribution in [2.24, 2.45) is 0 Å². The highest BCUT2D eigenvalue weighted by atomic mass is 16.5. The minimum atomic E-state index is -0.536. The molecule has 0 aliphatic carbocycles. The Bertz CT molecular complexity index is 975. The molecule has 0 saturated carbocycles. The number of carbonyl (C=O) groups excluding carboxylic acids is 2. The maximum Gasteiger partial charge on any atom is 0.305 e. The first-order valence-electron chi connectivity index (χ1n) is 8.18. The van der Waals surface area contributed by atoms with Gasteiger partial charge in [-0.2, -0.15) is 0 Å². The topological polar surface area (TPSA) is 80.6 Å². The summed E-state index contributed by atoms with van der Waals surface area (Å²) < 4.78 is 10.8. The fourth-order valence-electron chi connectivity index (χ4n) is 2.88. The summed E-state index contributed by atoms with van der Waals surface area (Å²) in [5, 5.41) is 0.806. The van der Waals surface area contributed by atoms with Gasteiger partial charge in [0.1, 0.15) is 5.58 Å². The minimum Gasteiger partial charge on any atom is -0.450 e. The Hall–Kier alpha value is -3.12. The van der Waals surface area contributed by atoms with Crippen LogP contribution in [-0.4, -0.2) is 18.9 Å². The van der Waals surface area contributed by atoms with E-state index in [4.69, 9.17) is 9.15 Å². The second-order valence-electron chi connectivity index (χ2n) is 6.07. The van der Waals surface area contributed by atoms with E-state index in [1.807, 2.05) is 44.2 Å². The number of aryl methyl sites for hydroxylation is 2. The number of nitrogens with one attached hydrogen (secondary N) is 2. The molecule has 1 heterocycles. The first-order chi connectivity index (χ1) is 12.5. The minimum absolute atomic E-state index is 0.119. The smallest absolute Gasteiger partial charge is 0.305 e. The van der Waals surface area contributed by atoms with Gasteiger partial charge in [-0.05, 0) is 31.5 Å². The largest absolute Gasteiger partial charge is 0.450 e. The molecule has 1 aromatic heterocycles. The first-order valence-corrected chi connectivity index (χ1v) is 8.18. The number of carbonyl (C=O) groups is 2. The van der Waals surface area contributed by atoms with Crippen molar-refractivity contribution in [3.05, 3.63) is 70.5 Å². The summed E-state index contributed by atoms with van der Waals surface area (Å²) in [7, 11) is 1.55. The highest BCUT2D eigenvalue weighted by molar-refractivity contribution is 6.01. The lowest BCUT2D eigenvalue weighted by Gasteiger charge is -2.09. The number of rotatable bonds is 4. The molecule has 2 amide bonds. The molecule has 3 aromatic rings. The van der Waals surface area contributed by atoms with Crippen LogP contribution < -0.4 is 10.9 Å². The average Bonchev–Trinajstić information content (AvgIpc) is 2.99. The van der Waals surface area contributed by atoms with Crippen LogP contribution in [0.3, 0.4) is 0 Å². The molecule has 3 rings (SSSR count). The molecular weight excluding hydrogens is 332 g/mol. The van der Waals surface area contributed by atoms with Gasteiger partial charge in [-0.15, -0.1) is 0 Å². The van der Waals surface area contributed by atoms with E-state index in [0.717, 1.165) is 16.5 Å². The van der Waals surface area contributed by atoms with Gasteiger partial charge < -0.3 is 9.15 Å². The van der Waals surface area contributed by atoms with Crippen LogP contribution in [0.15, 0.2) is 46.9 Å². The Morgan fingerprint density at radius 2 is 1.77 bits per heavy atom. The van der Waals surface area contributed by atoms with Crippen LogP contribution >= 0.6 is 0 Å². The Balaban J connectivity index is 1.79. The van der Waals surface area contributed by atoms with Crippen molar-refractivity contribution in [2.75, 3.05) is 7.11 Å². The van der Waals surface area contributed by atoms with E-state index in [9.17, 15) is 9.59 Å². The molecule has 0 radical (unpaired) electrons. The third-order valence-corrected chi connectivity index (χ3v) is 4.11. The van der Waals surface area contributed by atoms with Gasteiger partial charge in [0.2, 0.25) is 0 Å². The zero-order valence-corrected chi connectivity index (χ0v) is 14.9. The summed E-state index contributed by atoms with van der Waals surface area (Å²) in [6, 6.07) is 12.8. The van der Waals surface area contributed by atoms with Gasteiger partial charge in [0.15, 0.2) is 5.76 Å². The number of furan rings is 1. The number of hydrogen-bond donors (Lipinski definition) is 2. The number of hydrogen-bond acceptors (Lipinski definition) is 4. The fourth-order valence-corrected chi connectivity index (χ4v) is 2.88. The molecular formula is C20H20N2O4. The highest BCUT2D eigenvalue weighted by Crippen LogP contribution is 2.26. The molecule has 26 heavy (non-hydrogen) atoms. The van der Waals surface area contributed by atoms with E-state index in [0.29, 0.717) is 16.7 Å². The summed E-state index contributed by atoms with van der Waals surface area (Å²) in [6.45, 7) is 4.03. The van der Waals surface area contributed by atoms with Crippen molar-refractivity contribution < 1.29 is 18.7 Å². The molecule has 0 atom stereocenters. The number of amides is 2. The summed E-state index contributed by atoms with van der Waals surface area (Å²) in [4.78, 5) is 24.8. The zero-order chi connectivity index (χ0) is 18.7. The van der Waals surface area contributed by atoms with E-state index in [1.165, 1.54) is 0 Å². The third-order valence-electron chi connectivity index (χ3n) is 4.11. The molecule has 2 N–H and O–H groups in total. The number of ether oxygens (including phenoxy) is 1. The molecule has 0 fully saturated rings. The van der Waals surface area contributed by atoms with Crippen molar-refractivity contribution in [2.45, 2.75) is 20.5 Å². The van der Waals surface area contributed by atoms with Crippen molar-refractivity contribution in [3.63, 3.8) is 0 Å². The van der Waals surface area contributed by atoms with E-state index >= 15 is 0 Å². The van der Waals surface area contributed by atoms with Crippen LogP contribution in [-0.2, 0) is 11.3 Å². The predicted molar refractivity (Wildman–Crippen MR) is 97.8 cm³/mol. The van der Waals surface area contributed by atoms with Gasteiger partial charge in [0.25, 0.3) is 5.91 Å². The molecule has 0 bridgehead atoms. The van der Waals surface area contributed by atoms with Gasteiger partial charge in [-0.25, -0.2) is 0 Å². The molecule has 0 spiro atoms. The van der Waals surface area contributed by atoms with Gasteiger partial charge >= 0.3 is 5.91 Å². The van der Waals surface area contributed by atoms with Crippen LogP contribution in [0.2, 0.25) is 0 Å². The average molecular weight is 352 g/mol. The molecule has 0 aliphatic rings. The lowest BCUT2D eigenvalue weighted by Crippen LogP contribution is -2.42. The third kappa shape index (κ3) is 3.45. The Morgan fingerprint density at radius 1 is 1.04 bits per heavy atom. The zero-order valence-electron chi connectivity index (χ0n) is 14.9. The summed E-state index contributed by atoms with van der Waals surface area (Å²) in [5.74, 6) is -0.805. The van der Waals surface area contributed by atoms with E-state index in [-0.39, 0.29) is 18.3 Å². The van der Waals surface area contributed by atoms with Crippen molar-refractivity contribution in [1.82, 2.24) is 10.9 Å². The predicted octanol–water partition coefficient (Wildman–Crippen LogP) is 3.27. The maximum atomic E-state index is 12.5. The molecule has 2 aromatic carbocycles. The second-order valence-corrected chi connectivity index (χ2v) is 6.07. The highest BCUT2D eigenvalue weighted by Gasteiger charge is 2.21. The maximum absolute atomic E-state index is 12.5. The van der Waals surface area contributed by atoms with E-state index in [1.54, 1.807) is 19.2 Å². The molecule has 0 unspecified atom stereocenters. The summed E-state index contributed by atoms with van der Waals surface area (Å²) in [5.41, 5.74) is 8.47. The summed E-state index contributed by atoms with van der Waals surface area (Å²) in [6.07, 6.45) is 0. The van der Waals surface area contributed by atoms with Gasteiger partial charge in [-0.3, -0.25) is 20.4 Å².